The van der Waals surface area contributed by atoms with E-state index in [-0.39, 0.29) is 7.25 Å². The van der Waals surface area contributed by atoms with Gasteiger partial charge in [-0.05, 0) is 0 Å². The van der Waals surface area contributed by atoms with Gasteiger partial charge >= 0.3 is 313 Å². The zero-order valence-corrected chi connectivity index (χ0v) is 36.7. The minimum absolute atomic E-state index is 0.363. The summed E-state index contributed by atoms with van der Waals surface area (Å²) in [5.41, 5.74) is 16.4. The van der Waals surface area contributed by atoms with Crippen molar-refractivity contribution < 1.29 is 20.9 Å². The molecular formula is C46H46Cl2O2SiZr. The van der Waals surface area contributed by atoms with Crippen LogP contribution in [-0.4, -0.2) is 6.88 Å². The van der Waals surface area contributed by atoms with E-state index in [2.05, 4.69) is 134 Å². The van der Waals surface area contributed by atoms with Crippen LogP contribution in [0.5, 0.6) is 0 Å². The van der Waals surface area contributed by atoms with Gasteiger partial charge in [-0.25, -0.2) is 0 Å². The van der Waals surface area contributed by atoms with Gasteiger partial charge in [0.25, 0.3) is 0 Å². The van der Waals surface area contributed by atoms with E-state index in [4.69, 9.17) is 25.9 Å². The van der Waals surface area contributed by atoms with Gasteiger partial charge in [-0.3, -0.25) is 0 Å². The van der Waals surface area contributed by atoms with E-state index < -0.39 is 12.0 Å². The Bertz CT molecular complexity index is 2490. The quantitative estimate of drug-likeness (QED) is 0.156. The van der Waals surface area contributed by atoms with Crippen LogP contribution in [0.15, 0.2) is 106 Å². The summed E-state index contributed by atoms with van der Waals surface area (Å²) < 4.78 is 16.9. The maximum atomic E-state index is 9.06. The number of furan rings is 2. The molecule has 2 nitrogen and oxygen atoms in total. The van der Waals surface area contributed by atoms with Crippen LogP contribution < -0.4 is 0 Å². The van der Waals surface area contributed by atoms with Crippen molar-refractivity contribution in [2.75, 3.05) is 0 Å². The topological polar surface area (TPSA) is 26.3 Å². The molecule has 2 atom stereocenters. The normalized spacial score (nSPS) is 18.8. The summed E-state index contributed by atoms with van der Waals surface area (Å²) in [5.74, 6) is 3.31. The molecule has 8 rings (SSSR count). The molecule has 0 saturated heterocycles. The summed E-state index contributed by atoms with van der Waals surface area (Å²) >= 11 is -6.50. The average molecular weight is 821 g/mol. The first-order valence-electron chi connectivity index (χ1n) is 18.2. The third kappa shape index (κ3) is 5.35. The van der Waals surface area contributed by atoms with Crippen molar-refractivity contribution >= 4 is 47.2 Å². The molecule has 0 N–H and O–H groups in total. The number of hydrogen-bond donors (Lipinski definition) is 0. The van der Waals surface area contributed by atoms with Crippen LogP contribution in [0.4, 0.5) is 0 Å². The van der Waals surface area contributed by atoms with Gasteiger partial charge in [-0.1, -0.05) is 0 Å². The number of fused-ring (bicyclic) bond motifs is 2. The second-order valence-corrected chi connectivity index (χ2v) is 85.6. The molecule has 0 amide bonds. The van der Waals surface area contributed by atoms with Crippen LogP contribution in [0.2, 0.25) is 9.26 Å². The van der Waals surface area contributed by atoms with Crippen LogP contribution in [0, 0.1) is 41.5 Å². The van der Waals surface area contributed by atoms with Crippen molar-refractivity contribution in [2.24, 2.45) is 0 Å². The molecule has 0 bridgehead atoms. The number of allylic oxidation sites excluding steroid dienone is 2. The predicted octanol–water partition coefficient (Wildman–Crippen LogP) is 13.7. The zero-order chi connectivity index (χ0) is 37.1. The molecule has 4 aromatic carbocycles. The fraction of sp³-hybridized carbons (Fsp3) is 0.217. The first-order valence-corrected chi connectivity index (χ1v) is 38.2. The Morgan fingerprint density at radius 3 is 1.23 bits per heavy atom. The molecule has 6 aromatic rings. The van der Waals surface area contributed by atoms with Gasteiger partial charge in [0.05, 0.1) is 0 Å². The first kappa shape index (κ1) is 35.6. The van der Waals surface area contributed by atoms with Gasteiger partial charge in [0, 0.05) is 0 Å². The van der Waals surface area contributed by atoms with Crippen molar-refractivity contribution in [1.29, 1.82) is 0 Å². The fourth-order valence-corrected chi connectivity index (χ4v) is 36.0. The molecule has 0 aliphatic heterocycles. The van der Waals surface area contributed by atoms with Crippen LogP contribution in [0.3, 0.4) is 0 Å². The fourth-order valence-electron chi connectivity index (χ4n) is 9.77. The van der Waals surface area contributed by atoms with Gasteiger partial charge in [-0.15, -0.1) is 0 Å². The molecule has 6 heteroatoms. The summed E-state index contributed by atoms with van der Waals surface area (Å²) in [6.45, 7) is 14.8. The van der Waals surface area contributed by atoms with Crippen molar-refractivity contribution in [2.45, 2.75) is 58.1 Å². The predicted molar refractivity (Wildman–Crippen MR) is 223 cm³/mol. The Morgan fingerprint density at radius 2 is 0.904 bits per heavy atom. The Morgan fingerprint density at radius 1 is 0.538 bits per heavy atom. The van der Waals surface area contributed by atoms with Gasteiger partial charge in [0.1, 0.15) is 0 Å². The molecule has 2 unspecified atom stereocenters. The average Bonchev–Trinajstić information content (AvgIpc) is 3.88. The summed E-state index contributed by atoms with van der Waals surface area (Å²) in [6.07, 6.45) is 4.66. The van der Waals surface area contributed by atoms with Crippen molar-refractivity contribution in [3.05, 3.63) is 165 Å². The van der Waals surface area contributed by atoms with E-state index in [1.165, 1.54) is 44.5 Å². The third-order valence-electron chi connectivity index (χ3n) is 12.2. The summed E-state index contributed by atoms with van der Waals surface area (Å²) in [7, 11) is 18.1. The Labute approximate surface area is 310 Å². The van der Waals surface area contributed by atoms with Crippen LogP contribution in [-0.2, 0) is 12.0 Å². The second kappa shape index (κ2) is 10.9. The van der Waals surface area contributed by atoms with E-state index in [0.717, 1.165) is 56.4 Å². The van der Waals surface area contributed by atoms with Crippen LogP contribution in [0.1, 0.15) is 74.8 Å². The zero-order valence-electron chi connectivity index (χ0n) is 31.3. The summed E-state index contributed by atoms with van der Waals surface area (Å²) in [4.78, 5) is 0. The summed E-state index contributed by atoms with van der Waals surface area (Å²) in [5, 5.41) is 0. The molecule has 0 radical (unpaired) electrons. The van der Waals surface area contributed by atoms with Crippen molar-refractivity contribution in [3.8, 4) is 22.3 Å². The molecule has 2 heterocycles. The molecule has 2 aromatic heterocycles. The monoisotopic (exact) mass is 818 g/mol. The van der Waals surface area contributed by atoms with Crippen molar-refractivity contribution in [3.63, 3.8) is 0 Å². The Balaban J connectivity index is 1.51. The minimum atomic E-state index is -6.50. The van der Waals surface area contributed by atoms with E-state index in [1.54, 1.807) is 0 Å². The first-order chi connectivity index (χ1) is 24.3. The molecule has 0 saturated carbocycles. The second-order valence-electron chi connectivity index (χ2n) is 17.5. The standard InChI is InChI=1S/2C22H19O.2CH3.2ClH.H2Si.Zr/c2*1-14-11-18-12-19(21-10-9-15(2)23-21)13-20(18)22(16(14)3)17-7-5-4-6-8-17;;;;;;/h2*4-13H,1-3H3;2*1H3;2*1H;1H2;/q;;;;;;;+2/p-2. The molecule has 0 fully saturated rings. The number of halogens is 2. The van der Waals surface area contributed by atoms with Crippen molar-refractivity contribution in [1.82, 2.24) is 0 Å². The van der Waals surface area contributed by atoms with E-state index in [0.29, 0.717) is 0 Å². The molecule has 2 aliphatic rings. The number of hydrogen-bond acceptors (Lipinski definition) is 2. The number of aryl methyl sites for hydroxylation is 4. The molecule has 264 valence electrons. The Kier molecular flexibility index (Phi) is 7.43. The Hall–Kier alpha value is -3.40. The maximum absolute atomic E-state index is 9.06. The van der Waals surface area contributed by atoms with Gasteiger partial charge in [0.15, 0.2) is 0 Å². The van der Waals surface area contributed by atoms with Gasteiger partial charge in [0.2, 0.25) is 0 Å². The van der Waals surface area contributed by atoms with E-state index >= 15 is 0 Å². The van der Waals surface area contributed by atoms with E-state index in [9.17, 15) is 0 Å². The number of rotatable bonds is 6. The molecule has 52 heavy (non-hydrogen) atoms. The SMILES string of the molecule is Cc1ccc(C2=Cc3c(cc(C)c(C)c3-c3ccccc3)[CH]2[Zr]([CH3])([CH3])(=[SiH2])([Cl])([Cl])[CH]2C(c3ccc(C)o3)=Cc3c2cc(C)c(C)c3-c2ccccc2)o1. The third-order valence-corrected chi connectivity index (χ3v) is 36.7. The molecule has 2 aliphatic carbocycles. The molecule has 0 spiro atoms. The van der Waals surface area contributed by atoms with Crippen LogP contribution >= 0.6 is 17.0 Å². The number of benzene rings is 4. The van der Waals surface area contributed by atoms with Gasteiger partial charge < -0.3 is 0 Å². The van der Waals surface area contributed by atoms with Gasteiger partial charge in [-0.2, -0.15) is 0 Å². The molecular weight excluding hydrogens is 775 g/mol. The summed E-state index contributed by atoms with van der Waals surface area (Å²) in [6, 6.07) is 34.3. The van der Waals surface area contributed by atoms with Crippen LogP contribution in [0.25, 0.3) is 45.6 Å². The van der Waals surface area contributed by atoms with E-state index in [1.807, 2.05) is 32.9 Å².